The first kappa shape index (κ1) is 14.6. The molecule has 0 saturated heterocycles. The number of carbonyl (C=O) groups is 1. The predicted molar refractivity (Wildman–Crippen MR) is 78.7 cm³/mol. The normalized spacial score (nSPS) is 20.2. The van der Waals surface area contributed by atoms with E-state index in [-0.39, 0.29) is 27.8 Å². The minimum absolute atomic E-state index is 0.00266. The molecule has 0 aromatic carbocycles. The SMILES string of the molecule is Cc1cc(Cl)nc(Cl)c1NC(=O)C1C(C)(C)C1(C)C. The third-order valence-electron chi connectivity index (χ3n) is 4.67. The van der Waals surface area contributed by atoms with Crippen molar-refractivity contribution < 1.29 is 4.79 Å². The smallest absolute Gasteiger partial charge is 0.228 e. The van der Waals surface area contributed by atoms with Crippen LogP contribution in [0.4, 0.5) is 5.69 Å². The van der Waals surface area contributed by atoms with Gasteiger partial charge in [0.25, 0.3) is 0 Å². The quantitative estimate of drug-likeness (QED) is 0.827. The van der Waals surface area contributed by atoms with Crippen molar-refractivity contribution in [2.24, 2.45) is 16.7 Å². The Kier molecular flexibility index (Phi) is 3.35. The molecule has 0 unspecified atom stereocenters. The molecule has 2 rings (SSSR count). The van der Waals surface area contributed by atoms with Gasteiger partial charge in [-0.05, 0) is 29.4 Å². The molecule has 3 nitrogen and oxygen atoms in total. The van der Waals surface area contributed by atoms with Crippen LogP contribution in [-0.4, -0.2) is 10.9 Å². The van der Waals surface area contributed by atoms with E-state index in [0.29, 0.717) is 10.8 Å². The standard InChI is InChI=1S/C14H18Cl2N2O/c1-7-6-8(15)17-11(16)9(7)18-12(19)10-13(2,3)14(10,4)5/h6,10H,1-5H3,(H,18,19). The molecule has 1 N–H and O–H groups in total. The Bertz CT molecular complexity index is 515. The van der Waals surface area contributed by atoms with Crippen LogP contribution in [-0.2, 0) is 4.79 Å². The van der Waals surface area contributed by atoms with Crippen molar-refractivity contribution >= 4 is 34.8 Å². The van der Waals surface area contributed by atoms with Crippen LogP contribution < -0.4 is 5.32 Å². The molecule has 1 heterocycles. The fourth-order valence-electron chi connectivity index (χ4n) is 2.79. The van der Waals surface area contributed by atoms with Gasteiger partial charge in [0.15, 0.2) is 5.15 Å². The van der Waals surface area contributed by atoms with E-state index >= 15 is 0 Å². The second-order valence-electron chi connectivity index (χ2n) is 6.29. The average Bonchev–Trinajstić information content (AvgIpc) is 2.63. The molecule has 0 atom stereocenters. The molecule has 19 heavy (non-hydrogen) atoms. The summed E-state index contributed by atoms with van der Waals surface area (Å²) in [5.41, 5.74) is 1.36. The minimum Gasteiger partial charge on any atom is -0.323 e. The first-order valence-electron chi connectivity index (χ1n) is 6.22. The molecule has 1 aliphatic rings. The van der Waals surface area contributed by atoms with E-state index in [1.165, 1.54) is 0 Å². The summed E-state index contributed by atoms with van der Waals surface area (Å²) in [6.07, 6.45) is 0. The number of aryl methyl sites for hydroxylation is 1. The van der Waals surface area contributed by atoms with Gasteiger partial charge < -0.3 is 5.32 Å². The van der Waals surface area contributed by atoms with E-state index in [9.17, 15) is 4.79 Å². The molecule has 5 heteroatoms. The molecule has 1 aliphatic carbocycles. The summed E-state index contributed by atoms with van der Waals surface area (Å²) < 4.78 is 0. The number of hydrogen-bond donors (Lipinski definition) is 1. The number of carbonyl (C=O) groups excluding carboxylic acids is 1. The zero-order valence-corrected chi connectivity index (χ0v) is 13.3. The van der Waals surface area contributed by atoms with Crippen LogP contribution >= 0.6 is 23.2 Å². The molecular weight excluding hydrogens is 283 g/mol. The Morgan fingerprint density at radius 1 is 1.26 bits per heavy atom. The van der Waals surface area contributed by atoms with Gasteiger partial charge in [0.2, 0.25) is 5.91 Å². The number of pyridine rings is 1. The number of halogens is 2. The summed E-state index contributed by atoms with van der Waals surface area (Å²) in [4.78, 5) is 16.3. The van der Waals surface area contributed by atoms with E-state index in [2.05, 4.69) is 38.0 Å². The Labute approximate surface area is 123 Å². The lowest BCUT2D eigenvalue weighted by Gasteiger charge is -2.11. The van der Waals surface area contributed by atoms with Gasteiger partial charge >= 0.3 is 0 Å². The van der Waals surface area contributed by atoms with Gasteiger partial charge in [-0.2, -0.15) is 0 Å². The van der Waals surface area contributed by atoms with Crippen molar-refractivity contribution in [3.63, 3.8) is 0 Å². The average molecular weight is 301 g/mol. The van der Waals surface area contributed by atoms with Crippen molar-refractivity contribution in [1.29, 1.82) is 0 Å². The van der Waals surface area contributed by atoms with Gasteiger partial charge in [-0.15, -0.1) is 0 Å². The molecule has 1 saturated carbocycles. The Balaban J connectivity index is 2.23. The fourth-order valence-corrected chi connectivity index (χ4v) is 3.37. The van der Waals surface area contributed by atoms with Crippen LogP contribution in [0.1, 0.15) is 33.3 Å². The van der Waals surface area contributed by atoms with Gasteiger partial charge in [-0.1, -0.05) is 50.9 Å². The van der Waals surface area contributed by atoms with E-state index in [1.54, 1.807) is 6.07 Å². The molecule has 1 amide bonds. The first-order chi connectivity index (χ1) is 8.59. The largest absolute Gasteiger partial charge is 0.323 e. The lowest BCUT2D eigenvalue weighted by molar-refractivity contribution is -0.118. The van der Waals surface area contributed by atoms with Gasteiger partial charge in [-0.3, -0.25) is 4.79 Å². The zero-order chi connectivity index (χ0) is 14.6. The first-order valence-corrected chi connectivity index (χ1v) is 6.98. The van der Waals surface area contributed by atoms with Crippen LogP contribution in [0.2, 0.25) is 10.3 Å². The molecule has 0 radical (unpaired) electrons. The molecule has 0 aliphatic heterocycles. The van der Waals surface area contributed by atoms with Crippen molar-refractivity contribution in [2.75, 3.05) is 5.32 Å². The molecule has 1 fully saturated rings. The van der Waals surface area contributed by atoms with E-state index in [1.807, 2.05) is 6.92 Å². The van der Waals surface area contributed by atoms with Crippen molar-refractivity contribution in [2.45, 2.75) is 34.6 Å². The maximum absolute atomic E-state index is 12.4. The van der Waals surface area contributed by atoms with Crippen molar-refractivity contribution in [3.05, 3.63) is 21.9 Å². The Morgan fingerprint density at radius 3 is 2.21 bits per heavy atom. The summed E-state index contributed by atoms with van der Waals surface area (Å²) in [5.74, 6) is -0.0322. The van der Waals surface area contributed by atoms with E-state index in [0.717, 1.165) is 5.56 Å². The maximum atomic E-state index is 12.4. The monoisotopic (exact) mass is 300 g/mol. The van der Waals surface area contributed by atoms with Crippen LogP contribution in [0, 0.1) is 23.7 Å². The summed E-state index contributed by atoms with van der Waals surface area (Å²) in [7, 11) is 0. The van der Waals surface area contributed by atoms with Gasteiger partial charge in [0.05, 0.1) is 5.69 Å². The molecular formula is C14H18Cl2N2O. The molecule has 1 aromatic heterocycles. The number of amides is 1. The molecule has 0 bridgehead atoms. The third-order valence-corrected chi connectivity index (χ3v) is 5.14. The zero-order valence-electron chi connectivity index (χ0n) is 11.8. The van der Waals surface area contributed by atoms with Gasteiger partial charge in [0.1, 0.15) is 5.15 Å². The van der Waals surface area contributed by atoms with Crippen molar-refractivity contribution in [1.82, 2.24) is 4.98 Å². The van der Waals surface area contributed by atoms with Crippen LogP contribution in [0.3, 0.4) is 0 Å². The summed E-state index contributed by atoms with van der Waals surface area (Å²) in [5, 5.41) is 3.44. The summed E-state index contributed by atoms with van der Waals surface area (Å²) >= 11 is 11.9. The lowest BCUT2D eigenvalue weighted by atomic mass is 10.0. The Hall–Kier alpha value is -0.800. The van der Waals surface area contributed by atoms with E-state index in [4.69, 9.17) is 23.2 Å². The number of nitrogens with zero attached hydrogens (tertiary/aromatic N) is 1. The molecule has 104 valence electrons. The molecule has 1 aromatic rings. The second-order valence-corrected chi connectivity index (χ2v) is 7.04. The third kappa shape index (κ3) is 2.23. The van der Waals surface area contributed by atoms with E-state index < -0.39 is 0 Å². The van der Waals surface area contributed by atoms with Crippen LogP contribution in [0.5, 0.6) is 0 Å². The van der Waals surface area contributed by atoms with Crippen LogP contribution in [0.25, 0.3) is 0 Å². The summed E-state index contributed by atoms with van der Waals surface area (Å²) in [6.45, 7) is 10.3. The van der Waals surface area contributed by atoms with Crippen LogP contribution in [0.15, 0.2) is 6.07 Å². The highest BCUT2D eigenvalue weighted by molar-refractivity contribution is 6.34. The fraction of sp³-hybridized carbons (Fsp3) is 0.571. The highest BCUT2D eigenvalue weighted by Gasteiger charge is 2.68. The minimum atomic E-state index is -0.0221. The maximum Gasteiger partial charge on any atom is 0.228 e. The van der Waals surface area contributed by atoms with Crippen molar-refractivity contribution in [3.8, 4) is 0 Å². The number of aromatic nitrogens is 1. The number of anilines is 1. The lowest BCUT2D eigenvalue weighted by Crippen LogP contribution is -2.18. The molecule has 0 spiro atoms. The van der Waals surface area contributed by atoms with Gasteiger partial charge in [-0.25, -0.2) is 4.98 Å². The number of rotatable bonds is 2. The highest BCUT2D eigenvalue weighted by Crippen LogP contribution is 2.68. The Morgan fingerprint density at radius 2 is 1.79 bits per heavy atom. The predicted octanol–water partition coefficient (Wildman–Crippen LogP) is 4.32. The van der Waals surface area contributed by atoms with Gasteiger partial charge in [0, 0.05) is 5.92 Å². The summed E-state index contributed by atoms with van der Waals surface area (Å²) in [6, 6.07) is 1.69. The highest BCUT2D eigenvalue weighted by atomic mass is 35.5. The number of hydrogen-bond acceptors (Lipinski definition) is 2. The second kappa shape index (κ2) is 4.35. The number of nitrogens with one attached hydrogen (secondary N) is 1. The topological polar surface area (TPSA) is 42.0 Å².